The quantitative estimate of drug-likeness (QED) is 0.328. The summed E-state index contributed by atoms with van der Waals surface area (Å²) in [5.74, 6) is -1.42. The van der Waals surface area contributed by atoms with Gasteiger partial charge in [-0.1, -0.05) is 31.4 Å². The number of phenols is 2. The first-order valence-corrected chi connectivity index (χ1v) is 11.1. The molecule has 0 bridgehead atoms. The van der Waals surface area contributed by atoms with E-state index in [9.17, 15) is 31.8 Å². The lowest BCUT2D eigenvalue weighted by Gasteiger charge is -2.24. The highest BCUT2D eigenvalue weighted by molar-refractivity contribution is 7.87. The van der Waals surface area contributed by atoms with Crippen molar-refractivity contribution >= 4 is 10.1 Å². The van der Waals surface area contributed by atoms with Gasteiger partial charge in [-0.2, -0.15) is 21.6 Å². The topological polar surface area (TPSA) is 83.8 Å². The van der Waals surface area contributed by atoms with Crippen LogP contribution in [-0.2, 0) is 20.7 Å². The molecule has 0 saturated heterocycles. The van der Waals surface area contributed by atoms with Gasteiger partial charge in [0.05, 0.1) is 0 Å². The number of aromatic hydroxyl groups is 2. The Morgan fingerprint density at radius 2 is 1.93 bits per heavy atom. The summed E-state index contributed by atoms with van der Waals surface area (Å²) in [6.07, 6.45) is 1.56. The third kappa shape index (κ3) is 6.12. The molecule has 0 aliphatic heterocycles. The minimum Gasteiger partial charge on any atom is -0.507 e. The van der Waals surface area contributed by atoms with Gasteiger partial charge >= 0.3 is 16.3 Å². The van der Waals surface area contributed by atoms with Gasteiger partial charge in [-0.15, -0.1) is 0 Å². The molecular weight excluding hydrogens is 409 g/mol. The van der Waals surface area contributed by atoms with E-state index < -0.39 is 39.5 Å². The molecule has 0 spiro atoms. The van der Waals surface area contributed by atoms with E-state index in [4.69, 9.17) is 0 Å². The molecule has 0 aromatic heterocycles. The number of alkyl halides is 3. The lowest BCUT2D eigenvalue weighted by molar-refractivity contribution is -0.152. The van der Waals surface area contributed by atoms with Crippen LogP contribution < -0.4 is 0 Å². The fourth-order valence-corrected chi connectivity index (χ4v) is 4.88. The van der Waals surface area contributed by atoms with E-state index in [1.54, 1.807) is 0 Å². The lowest BCUT2D eigenvalue weighted by Crippen LogP contribution is -2.21. The summed E-state index contributed by atoms with van der Waals surface area (Å²) in [6.45, 7) is 1.85. The van der Waals surface area contributed by atoms with E-state index in [1.807, 2.05) is 19.9 Å². The lowest BCUT2D eigenvalue weighted by atomic mass is 9.84. The second kappa shape index (κ2) is 9.38. The van der Waals surface area contributed by atoms with Crippen LogP contribution in [0.1, 0.15) is 69.4 Å². The van der Waals surface area contributed by atoms with Crippen molar-refractivity contribution in [2.45, 2.75) is 75.8 Å². The Labute approximate surface area is 169 Å². The maximum Gasteiger partial charge on any atom is 0.413 e. The molecule has 1 aliphatic rings. The largest absolute Gasteiger partial charge is 0.507 e. The zero-order valence-electron chi connectivity index (χ0n) is 16.6. The van der Waals surface area contributed by atoms with Crippen LogP contribution >= 0.6 is 0 Å². The summed E-state index contributed by atoms with van der Waals surface area (Å²) in [4.78, 5) is -0.678. The number of phenolic OH excluding ortho intramolecular Hbond substituents is 2. The number of aryl methyl sites for hydroxylation is 1. The van der Waals surface area contributed by atoms with E-state index in [1.165, 1.54) is 6.07 Å². The van der Waals surface area contributed by atoms with Crippen molar-refractivity contribution in [2.75, 3.05) is 6.61 Å². The molecule has 164 valence electrons. The second-order valence-corrected chi connectivity index (χ2v) is 9.00. The number of rotatable bonds is 8. The van der Waals surface area contributed by atoms with E-state index >= 15 is 0 Å². The van der Waals surface area contributed by atoms with Crippen LogP contribution in [0, 0.1) is 0 Å². The minimum absolute atomic E-state index is 0.0116. The Bertz CT molecular complexity index is 860. The molecule has 2 N–H and O–H groups in total. The van der Waals surface area contributed by atoms with Crippen molar-refractivity contribution in [3.05, 3.63) is 28.8 Å². The Morgan fingerprint density at radius 3 is 2.52 bits per heavy atom. The molecule has 1 aliphatic carbocycles. The van der Waals surface area contributed by atoms with E-state index in [0.29, 0.717) is 12.8 Å². The van der Waals surface area contributed by atoms with Gasteiger partial charge < -0.3 is 10.2 Å². The van der Waals surface area contributed by atoms with Crippen LogP contribution in [0.15, 0.2) is 22.6 Å². The van der Waals surface area contributed by atoms with Crippen LogP contribution in [0.25, 0.3) is 0 Å². The maximum absolute atomic E-state index is 12.6. The minimum atomic E-state index is -4.89. The first-order chi connectivity index (χ1) is 13.5. The fourth-order valence-electron chi connectivity index (χ4n) is 3.64. The molecule has 5 nitrogen and oxygen atoms in total. The molecular formula is C20H27F3O5S. The number of halogens is 3. The molecule has 0 heterocycles. The average molecular weight is 436 g/mol. The van der Waals surface area contributed by atoms with Crippen LogP contribution in [0.3, 0.4) is 0 Å². The van der Waals surface area contributed by atoms with Gasteiger partial charge in [0.2, 0.25) is 0 Å². The van der Waals surface area contributed by atoms with Crippen molar-refractivity contribution in [1.82, 2.24) is 0 Å². The molecule has 0 saturated carbocycles. The highest BCUT2D eigenvalue weighted by atomic mass is 32.2. The van der Waals surface area contributed by atoms with Gasteiger partial charge in [-0.25, -0.2) is 0 Å². The summed E-state index contributed by atoms with van der Waals surface area (Å²) in [6, 6.07) is 1.23. The average Bonchev–Trinajstić information content (AvgIpc) is 2.59. The van der Waals surface area contributed by atoms with Gasteiger partial charge in [0.15, 0.2) is 6.61 Å². The SMILES string of the molecule is CCCCCc1cc(O)c(C2C=C(C)CCC2)c(O)c1S(=O)(=O)OCC(F)(F)F. The molecule has 9 heteroatoms. The Hall–Kier alpha value is -1.74. The van der Waals surface area contributed by atoms with Gasteiger partial charge in [-0.05, 0) is 50.7 Å². The number of hydrogen-bond donors (Lipinski definition) is 2. The monoisotopic (exact) mass is 436 g/mol. The molecule has 1 unspecified atom stereocenters. The van der Waals surface area contributed by atoms with Crippen molar-refractivity contribution in [1.29, 1.82) is 0 Å². The highest BCUT2D eigenvalue weighted by Crippen LogP contribution is 2.46. The molecule has 1 atom stereocenters. The van der Waals surface area contributed by atoms with Gasteiger partial charge in [-0.3, -0.25) is 4.18 Å². The molecule has 0 fully saturated rings. The predicted octanol–water partition coefficient (Wildman–Crippen LogP) is 5.31. The van der Waals surface area contributed by atoms with Crippen molar-refractivity contribution < 1.29 is 36.0 Å². The zero-order valence-corrected chi connectivity index (χ0v) is 17.4. The van der Waals surface area contributed by atoms with Gasteiger partial charge in [0.1, 0.15) is 16.4 Å². The number of hydrogen-bond acceptors (Lipinski definition) is 5. The van der Waals surface area contributed by atoms with Gasteiger partial charge in [0, 0.05) is 11.5 Å². The number of benzene rings is 1. The Morgan fingerprint density at radius 1 is 1.24 bits per heavy atom. The normalized spacial score (nSPS) is 18.0. The summed E-state index contributed by atoms with van der Waals surface area (Å²) in [5.41, 5.74) is 1.10. The predicted molar refractivity (Wildman–Crippen MR) is 103 cm³/mol. The van der Waals surface area contributed by atoms with E-state index in [-0.39, 0.29) is 23.3 Å². The first kappa shape index (κ1) is 23.5. The van der Waals surface area contributed by atoms with Crippen LogP contribution in [0.4, 0.5) is 13.2 Å². The maximum atomic E-state index is 12.6. The fraction of sp³-hybridized carbons (Fsp3) is 0.600. The third-order valence-electron chi connectivity index (χ3n) is 4.97. The summed E-state index contributed by atoms with van der Waals surface area (Å²) < 4.78 is 67.0. The molecule has 2 rings (SSSR count). The first-order valence-electron chi connectivity index (χ1n) is 9.67. The standard InChI is InChI=1S/C20H27F3O5S/c1-3-4-5-8-15-11-16(24)17(14-9-6-7-13(2)10-14)18(25)19(15)29(26,27)28-12-20(21,22)23/h10-11,14,24-25H,3-9,12H2,1-2H3. The summed E-state index contributed by atoms with van der Waals surface area (Å²) in [7, 11) is -4.89. The molecule has 0 amide bonds. The van der Waals surface area contributed by atoms with Crippen LogP contribution in [-0.4, -0.2) is 31.4 Å². The van der Waals surface area contributed by atoms with E-state index in [0.717, 1.165) is 31.3 Å². The van der Waals surface area contributed by atoms with Crippen molar-refractivity contribution in [3.63, 3.8) is 0 Å². The Kier molecular flexibility index (Phi) is 7.62. The van der Waals surface area contributed by atoms with Gasteiger partial charge in [0.25, 0.3) is 0 Å². The summed E-state index contributed by atoms with van der Waals surface area (Å²) in [5, 5.41) is 21.3. The Balaban J connectivity index is 2.57. The van der Waals surface area contributed by atoms with Crippen LogP contribution in [0.2, 0.25) is 0 Å². The van der Waals surface area contributed by atoms with Crippen molar-refractivity contribution in [2.24, 2.45) is 0 Å². The van der Waals surface area contributed by atoms with E-state index in [2.05, 4.69) is 4.18 Å². The zero-order chi connectivity index (χ0) is 21.8. The smallest absolute Gasteiger partial charge is 0.413 e. The number of unbranched alkanes of at least 4 members (excludes halogenated alkanes) is 2. The molecule has 0 radical (unpaired) electrons. The number of allylic oxidation sites excluding steroid dienone is 2. The highest BCUT2D eigenvalue weighted by Gasteiger charge is 2.35. The molecule has 29 heavy (non-hydrogen) atoms. The third-order valence-corrected chi connectivity index (χ3v) is 6.35. The second-order valence-electron chi connectivity index (χ2n) is 7.45. The molecule has 1 aromatic carbocycles. The van der Waals surface area contributed by atoms with Crippen molar-refractivity contribution in [3.8, 4) is 11.5 Å². The molecule has 1 aromatic rings. The van der Waals surface area contributed by atoms with Crippen LogP contribution in [0.5, 0.6) is 11.5 Å². The summed E-state index contributed by atoms with van der Waals surface area (Å²) >= 11 is 0.